The van der Waals surface area contributed by atoms with E-state index < -0.39 is 18.0 Å². The van der Waals surface area contributed by atoms with Crippen LogP contribution < -0.4 is 5.32 Å². The number of piperidine rings is 1. The first-order valence-electron chi connectivity index (χ1n) is 6.59. The number of carbonyl (C=O) groups is 2. The van der Waals surface area contributed by atoms with Crippen LogP contribution in [0, 0.1) is 5.92 Å². The number of nitrogens with one attached hydrogen (secondary N) is 1. The number of nitrogens with zero attached hydrogens (tertiary/aromatic N) is 2. The molecule has 120 valence electrons. The van der Waals surface area contributed by atoms with E-state index in [0.717, 1.165) is 18.3 Å². The predicted octanol–water partition coefficient (Wildman–Crippen LogP) is 2.43. The minimum atomic E-state index is -4.52. The molecule has 0 atom stereocenters. The van der Waals surface area contributed by atoms with E-state index in [1.807, 2.05) is 0 Å². The number of likely N-dealkylation sites (tertiary alicyclic amines) is 1. The molecule has 2 amide bonds. The first-order chi connectivity index (χ1) is 10.3. The second-order valence-corrected chi connectivity index (χ2v) is 4.96. The minimum Gasteiger partial charge on any atom is -0.465 e. The van der Waals surface area contributed by atoms with Gasteiger partial charge >= 0.3 is 12.3 Å². The van der Waals surface area contributed by atoms with Crippen LogP contribution in [0.2, 0.25) is 0 Å². The van der Waals surface area contributed by atoms with Gasteiger partial charge in [-0.2, -0.15) is 13.2 Å². The highest BCUT2D eigenvalue weighted by atomic mass is 19.4. The van der Waals surface area contributed by atoms with E-state index in [1.165, 1.54) is 4.90 Å². The smallest absolute Gasteiger partial charge is 0.433 e. The predicted molar refractivity (Wildman–Crippen MR) is 70.2 cm³/mol. The van der Waals surface area contributed by atoms with Gasteiger partial charge in [0.05, 0.1) is 11.9 Å². The van der Waals surface area contributed by atoms with Gasteiger partial charge in [0.2, 0.25) is 5.91 Å². The Morgan fingerprint density at radius 1 is 1.27 bits per heavy atom. The van der Waals surface area contributed by atoms with Gasteiger partial charge in [-0.15, -0.1) is 0 Å². The molecule has 1 fully saturated rings. The molecule has 0 saturated carbocycles. The van der Waals surface area contributed by atoms with Crippen LogP contribution in [0.15, 0.2) is 18.3 Å². The van der Waals surface area contributed by atoms with Gasteiger partial charge in [-0.25, -0.2) is 9.78 Å². The standard InChI is InChI=1S/C13H14F3N3O3/c14-13(15,16)10-2-1-9(7-17-10)18-11(20)8-3-5-19(6-4-8)12(21)22/h1-2,7-8H,3-6H2,(H,18,20)(H,21,22). The van der Waals surface area contributed by atoms with Crippen molar-refractivity contribution in [1.29, 1.82) is 0 Å². The molecule has 1 aliphatic heterocycles. The number of amides is 2. The van der Waals surface area contributed by atoms with Gasteiger partial charge < -0.3 is 15.3 Å². The monoisotopic (exact) mass is 317 g/mol. The molecule has 0 radical (unpaired) electrons. The molecular formula is C13H14F3N3O3. The molecule has 0 spiro atoms. The molecule has 2 rings (SSSR count). The van der Waals surface area contributed by atoms with E-state index in [9.17, 15) is 22.8 Å². The first-order valence-corrected chi connectivity index (χ1v) is 6.59. The summed E-state index contributed by atoms with van der Waals surface area (Å²) in [5.41, 5.74) is -0.848. The second kappa shape index (κ2) is 6.20. The van der Waals surface area contributed by atoms with Crippen molar-refractivity contribution in [1.82, 2.24) is 9.88 Å². The largest absolute Gasteiger partial charge is 0.465 e. The van der Waals surface area contributed by atoms with Crippen LogP contribution in [0.4, 0.5) is 23.7 Å². The quantitative estimate of drug-likeness (QED) is 0.877. The number of hydrogen-bond acceptors (Lipinski definition) is 3. The van der Waals surface area contributed by atoms with Gasteiger partial charge in [0, 0.05) is 19.0 Å². The van der Waals surface area contributed by atoms with Crippen molar-refractivity contribution in [2.24, 2.45) is 5.92 Å². The van der Waals surface area contributed by atoms with Crippen molar-refractivity contribution >= 4 is 17.7 Å². The number of anilines is 1. The normalized spacial score (nSPS) is 16.4. The molecule has 0 aromatic carbocycles. The third-order valence-electron chi connectivity index (χ3n) is 3.46. The number of carboxylic acid groups (broad SMARTS) is 1. The molecule has 2 N–H and O–H groups in total. The lowest BCUT2D eigenvalue weighted by Crippen LogP contribution is -2.40. The van der Waals surface area contributed by atoms with E-state index in [0.29, 0.717) is 12.8 Å². The lowest BCUT2D eigenvalue weighted by Gasteiger charge is -2.29. The SMILES string of the molecule is O=C(Nc1ccc(C(F)(F)F)nc1)C1CCN(C(=O)O)CC1. The summed E-state index contributed by atoms with van der Waals surface area (Å²) in [6, 6.07) is 1.93. The van der Waals surface area contributed by atoms with E-state index in [4.69, 9.17) is 5.11 Å². The van der Waals surface area contributed by atoms with Crippen LogP contribution >= 0.6 is 0 Å². The second-order valence-electron chi connectivity index (χ2n) is 4.96. The van der Waals surface area contributed by atoms with Crippen LogP contribution in [-0.2, 0) is 11.0 Å². The molecule has 1 aliphatic rings. The Morgan fingerprint density at radius 2 is 1.91 bits per heavy atom. The summed E-state index contributed by atoms with van der Waals surface area (Å²) in [5, 5.41) is 11.3. The Kier molecular flexibility index (Phi) is 4.53. The minimum absolute atomic E-state index is 0.179. The maximum absolute atomic E-state index is 12.4. The maximum Gasteiger partial charge on any atom is 0.433 e. The summed E-state index contributed by atoms with van der Waals surface area (Å²) in [5.74, 6) is -0.704. The highest BCUT2D eigenvalue weighted by Gasteiger charge is 2.32. The summed E-state index contributed by atoms with van der Waals surface area (Å²) in [7, 11) is 0. The third kappa shape index (κ3) is 3.86. The number of rotatable bonds is 2. The van der Waals surface area contributed by atoms with Gasteiger partial charge in [-0.3, -0.25) is 4.79 Å². The highest BCUT2D eigenvalue weighted by molar-refractivity contribution is 5.92. The fourth-order valence-corrected chi connectivity index (χ4v) is 2.21. The Hall–Kier alpha value is -2.32. The third-order valence-corrected chi connectivity index (χ3v) is 3.46. The molecule has 0 aliphatic carbocycles. The Labute approximate surface area is 123 Å². The fourth-order valence-electron chi connectivity index (χ4n) is 2.21. The number of halogens is 3. The molecule has 2 heterocycles. The van der Waals surface area contributed by atoms with Crippen LogP contribution in [0.25, 0.3) is 0 Å². The molecule has 22 heavy (non-hydrogen) atoms. The molecule has 1 aromatic heterocycles. The summed E-state index contributed by atoms with van der Waals surface area (Å²) in [6.45, 7) is 0.525. The van der Waals surface area contributed by atoms with Gasteiger partial charge in [0.1, 0.15) is 5.69 Å². The maximum atomic E-state index is 12.4. The van der Waals surface area contributed by atoms with Gasteiger partial charge in [-0.05, 0) is 25.0 Å². The molecule has 1 saturated heterocycles. The number of carbonyl (C=O) groups excluding carboxylic acids is 1. The van der Waals surface area contributed by atoms with Gasteiger partial charge in [0.25, 0.3) is 0 Å². The van der Waals surface area contributed by atoms with E-state index in [1.54, 1.807) is 0 Å². The average molecular weight is 317 g/mol. The zero-order valence-electron chi connectivity index (χ0n) is 11.4. The Balaban J connectivity index is 1.91. The lowest BCUT2D eigenvalue weighted by atomic mass is 9.96. The summed E-state index contributed by atoms with van der Waals surface area (Å²) < 4.78 is 37.1. The van der Waals surface area contributed by atoms with Crippen molar-refractivity contribution in [2.45, 2.75) is 19.0 Å². The highest BCUT2D eigenvalue weighted by Crippen LogP contribution is 2.28. The van der Waals surface area contributed by atoms with E-state index >= 15 is 0 Å². The topological polar surface area (TPSA) is 82.5 Å². The molecule has 9 heteroatoms. The molecule has 0 bridgehead atoms. The van der Waals surface area contributed by atoms with Crippen molar-refractivity contribution < 1.29 is 27.9 Å². The first kappa shape index (κ1) is 16.1. The summed E-state index contributed by atoms with van der Waals surface area (Å²) in [4.78, 5) is 27.2. The van der Waals surface area contributed by atoms with Crippen molar-refractivity contribution in [3.8, 4) is 0 Å². The average Bonchev–Trinajstić information content (AvgIpc) is 2.47. The van der Waals surface area contributed by atoms with E-state index in [-0.39, 0.29) is 30.6 Å². The van der Waals surface area contributed by atoms with Crippen molar-refractivity contribution in [3.63, 3.8) is 0 Å². The van der Waals surface area contributed by atoms with E-state index in [2.05, 4.69) is 10.3 Å². The van der Waals surface area contributed by atoms with Crippen LogP contribution in [0.1, 0.15) is 18.5 Å². The fraction of sp³-hybridized carbons (Fsp3) is 0.462. The number of pyridine rings is 1. The lowest BCUT2D eigenvalue weighted by molar-refractivity contribution is -0.141. The zero-order chi connectivity index (χ0) is 16.3. The summed E-state index contributed by atoms with van der Waals surface area (Å²) in [6.07, 6.45) is -3.83. The van der Waals surface area contributed by atoms with Crippen LogP contribution in [0.5, 0.6) is 0 Å². The number of aromatic nitrogens is 1. The van der Waals surface area contributed by atoms with Crippen LogP contribution in [0.3, 0.4) is 0 Å². The van der Waals surface area contributed by atoms with Crippen molar-refractivity contribution in [3.05, 3.63) is 24.0 Å². The van der Waals surface area contributed by atoms with Gasteiger partial charge in [-0.1, -0.05) is 0 Å². The Morgan fingerprint density at radius 3 is 2.36 bits per heavy atom. The van der Waals surface area contributed by atoms with Crippen molar-refractivity contribution in [2.75, 3.05) is 18.4 Å². The number of alkyl halides is 3. The molecule has 1 aromatic rings. The number of hydrogen-bond donors (Lipinski definition) is 2. The molecule has 6 nitrogen and oxygen atoms in total. The summed E-state index contributed by atoms with van der Waals surface area (Å²) >= 11 is 0. The molecule has 0 unspecified atom stereocenters. The Bertz CT molecular complexity index is 552. The van der Waals surface area contributed by atoms with Gasteiger partial charge in [0.15, 0.2) is 0 Å². The molecular weight excluding hydrogens is 303 g/mol. The van der Waals surface area contributed by atoms with Crippen LogP contribution in [-0.4, -0.2) is 40.1 Å². The zero-order valence-corrected chi connectivity index (χ0v) is 11.4.